The summed E-state index contributed by atoms with van der Waals surface area (Å²) in [5, 5.41) is 0. The molecule has 0 radical (unpaired) electrons. The van der Waals surface area contributed by atoms with Gasteiger partial charge in [0.1, 0.15) is 15.4 Å². The molecule has 0 aliphatic carbocycles. The first-order valence-electron chi connectivity index (χ1n) is 14.6. The van der Waals surface area contributed by atoms with E-state index in [2.05, 4.69) is 27.7 Å². The maximum Gasteiger partial charge on any atom is 0.338 e. The number of thiazole rings is 1. The maximum atomic E-state index is 14.4. The van der Waals surface area contributed by atoms with E-state index in [1.54, 1.807) is 31.2 Å². The van der Waals surface area contributed by atoms with Gasteiger partial charge in [-0.05, 0) is 59.2 Å². The van der Waals surface area contributed by atoms with Crippen LogP contribution in [0.2, 0.25) is 0 Å². The largest absolute Gasteiger partial charge is 0.463 e. The van der Waals surface area contributed by atoms with Crippen molar-refractivity contribution in [3.8, 4) is 0 Å². The SMILES string of the molecule is CCOC(=O)C1=c2s/c(=C\c3ccc(C(C)C)cc3)c(=O)n2C(N)=C(S(=O)(=O)c2ccccc2)[C@H]1c1ccc(C(C)C)cc1. The zero-order valence-electron chi connectivity index (χ0n) is 25.4. The van der Waals surface area contributed by atoms with Gasteiger partial charge in [0, 0.05) is 0 Å². The lowest BCUT2D eigenvalue weighted by molar-refractivity contribution is -0.136. The van der Waals surface area contributed by atoms with Gasteiger partial charge < -0.3 is 10.5 Å². The standard InChI is InChI=1S/C35H36N2O5S2/c1-6-42-35(39)30-29(26-18-16-25(17-19-26)22(4)5)31(44(40,41)27-10-8-7-9-11-27)32(36)37-33(38)28(43-34(30)37)20-23-12-14-24(15-13-23)21(2)3/h7-22,29H,6,36H2,1-5H3/b28-20-/t29-/m0/s1. The number of carbonyl (C=O) groups is 1. The summed E-state index contributed by atoms with van der Waals surface area (Å²) in [7, 11) is -4.28. The van der Waals surface area contributed by atoms with Gasteiger partial charge >= 0.3 is 5.97 Å². The molecular formula is C35H36N2O5S2. The number of hydrogen-bond donors (Lipinski definition) is 1. The highest BCUT2D eigenvalue weighted by Crippen LogP contribution is 2.42. The molecular weight excluding hydrogens is 593 g/mol. The summed E-state index contributed by atoms with van der Waals surface area (Å²) >= 11 is 1.10. The maximum absolute atomic E-state index is 14.4. The molecule has 0 saturated carbocycles. The van der Waals surface area contributed by atoms with Gasteiger partial charge in [-0.2, -0.15) is 0 Å². The molecule has 44 heavy (non-hydrogen) atoms. The van der Waals surface area contributed by atoms with Gasteiger partial charge in [0.25, 0.3) is 5.56 Å². The van der Waals surface area contributed by atoms with Crippen LogP contribution in [0.3, 0.4) is 0 Å². The van der Waals surface area contributed by atoms with Crippen LogP contribution in [0.4, 0.5) is 0 Å². The average Bonchev–Trinajstić information content (AvgIpc) is 3.33. The molecule has 9 heteroatoms. The Kier molecular flexibility index (Phi) is 8.81. The Morgan fingerprint density at radius 3 is 2.05 bits per heavy atom. The van der Waals surface area contributed by atoms with E-state index in [0.29, 0.717) is 16.0 Å². The summed E-state index contributed by atoms with van der Waals surface area (Å²) in [5.74, 6) is -1.44. The lowest BCUT2D eigenvalue weighted by Crippen LogP contribution is -2.41. The second kappa shape index (κ2) is 12.4. The molecule has 5 rings (SSSR count). The van der Waals surface area contributed by atoms with Gasteiger partial charge in [-0.3, -0.25) is 9.36 Å². The van der Waals surface area contributed by atoms with Crippen LogP contribution in [0.25, 0.3) is 17.5 Å². The normalized spacial score (nSPS) is 15.7. The number of nitrogens with zero attached hydrogens (tertiary/aromatic N) is 1. The summed E-state index contributed by atoms with van der Waals surface area (Å²) in [6.07, 6.45) is 1.73. The van der Waals surface area contributed by atoms with Gasteiger partial charge in [-0.15, -0.1) is 11.3 Å². The van der Waals surface area contributed by atoms with Gasteiger partial charge in [-0.1, -0.05) is 94.4 Å². The van der Waals surface area contributed by atoms with Crippen LogP contribution in [0.1, 0.15) is 74.6 Å². The number of ether oxygens (including phenoxy) is 1. The van der Waals surface area contributed by atoms with Gasteiger partial charge in [0.2, 0.25) is 9.84 Å². The molecule has 1 aliphatic heterocycles. The Morgan fingerprint density at radius 2 is 1.50 bits per heavy atom. The highest BCUT2D eigenvalue weighted by Gasteiger charge is 2.42. The van der Waals surface area contributed by atoms with Crippen molar-refractivity contribution in [1.29, 1.82) is 0 Å². The third-order valence-electron chi connectivity index (χ3n) is 7.77. The number of carbonyl (C=O) groups excluding carboxylic acids is 1. The van der Waals surface area contributed by atoms with Gasteiger partial charge in [-0.25, -0.2) is 13.2 Å². The highest BCUT2D eigenvalue weighted by atomic mass is 32.2. The molecule has 3 aromatic carbocycles. The first kappa shape index (κ1) is 31.2. The van der Waals surface area contributed by atoms with Crippen molar-refractivity contribution in [1.82, 2.24) is 4.57 Å². The minimum Gasteiger partial charge on any atom is -0.463 e. The van der Waals surface area contributed by atoms with Crippen molar-refractivity contribution in [3.05, 3.63) is 126 Å². The van der Waals surface area contributed by atoms with Crippen LogP contribution in [-0.4, -0.2) is 25.6 Å². The fourth-order valence-electron chi connectivity index (χ4n) is 5.35. The van der Waals surface area contributed by atoms with E-state index in [-0.39, 0.29) is 38.4 Å². The van der Waals surface area contributed by atoms with Crippen LogP contribution >= 0.6 is 11.3 Å². The Hall–Kier alpha value is -4.21. The van der Waals surface area contributed by atoms with Crippen LogP contribution in [0.15, 0.2) is 93.5 Å². The predicted octanol–water partition coefficient (Wildman–Crippen LogP) is 5.06. The minimum atomic E-state index is -4.28. The quantitative estimate of drug-likeness (QED) is 0.274. The van der Waals surface area contributed by atoms with Crippen molar-refractivity contribution in [2.45, 2.75) is 57.3 Å². The number of hydrogen-bond acceptors (Lipinski definition) is 7. The number of rotatable bonds is 8. The Bertz CT molecular complexity index is 2020. The number of allylic oxidation sites excluding steroid dienone is 1. The van der Waals surface area contributed by atoms with Gasteiger partial charge in [0.05, 0.1) is 27.5 Å². The molecule has 228 valence electrons. The van der Waals surface area contributed by atoms with Crippen molar-refractivity contribution >= 4 is 44.6 Å². The molecule has 1 atom stereocenters. The number of aromatic nitrogens is 1. The Labute approximate surface area is 261 Å². The Morgan fingerprint density at radius 1 is 0.932 bits per heavy atom. The molecule has 1 aliphatic rings. The highest BCUT2D eigenvalue weighted by molar-refractivity contribution is 7.95. The fourth-order valence-corrected chi connectivity index (χ4v) is 8.21. The molecule has 0 spiro atoms. The lowest BCUT2D eigenvalue weighted by atomic mass is 9.88. The lowest BCUT2D eigenvalue weighted by Gasteiger charge is -2.28. The summed E-state index contributed by atoms with van der Waals surface area (Å²) in [5.41, 5.74) is 9.83. The van der Waals surface area contributed by atoms with Crippen LogP contribution < -0.4 is 20.5 Å². The van der Waals surface area contributed by atoms with Crippen molar-refractivity contribution in [3.63, 3.8) is 0 Å². The molecule has 0 bridgehead atoms. The monoisotopic (exact) mass is 628 g/mol. The van der Waals surface area contributed by atoms with Crippen molar-refractivity contribution in [2.75, 3.05) is 6.61 Å². The number of fused-ring (bicyclic) bond motifs is 1. The molecule has 2 heterocycles. The van der Waals surface area contributed by atoms with Crippen molar-refractivity contribution in [2.24, 2.45) is 5.73 Å². The zero-order valence-corrected chi connectivity index (χ0v) is 27.0. The summed E-state index contributed by atoms with van der Waals surface area (Å²) < 4.78 is 36.0. The summed E-state index contributed by atoms with van der Waals surface area (Å²) in [4.78, 5) is 27.5. The molecule has 0 fully saturated rings. The smallest absolute Gasteiger partial charge is 0.338 e. The summed E-state index contributed by atoms with van der Waals surface area (Å²) in [6, 6.07) is 23.3. The van der Waals surface area contributed by atoms with E-state index < -0.39 is 27.3 Å². The molecule has 0 unspecified atom stereocenters. The van der Waals surface area contributed by atoms with Crippen LogP contribution in [-0.2, 0) is 19.4 Å². The molecule has 0 amide bonds. The number of esters is 1. The third-order valence-corrected chi connectivity index (χ3v) is 10.8. The fraction of sp³-hybridized carbons (Fsp3) is 0.257. The topological polar surface area (TPSA) is 108 Å². The third kappa shape index (κ3) is 5.69. The molecule has 1 aromatic heterocycles. The molecule has 7 nitrogen and oxygen atoms in total. The van der Waals surface area contributed by atoms with E-state index in [1.807, 2.05) is 48.5 Å². The van der Waals surface area contributed by atoms with E-state index in [1.165, 1.54) is 12.1 Å². The average molecular weight is 629 g/mol. The second-order valence-electron chi connectivity index (χ2n) is 11.3. The van der Waals surface area contributed by atoms with E-state index in [4.69, 9.17) is 10.5 Å². The van der Waals surface area contributed by atoms with Crippen LogP contribution in [0.5, 0.6) is 0 Å². The molecule has 4 aromatic rings. The van der Waals surface area contributed by atoms with Gasteiger partial charge in [0.15, 0.2) is 0 Å². The number of nitrogens with two attached hydrogens (primary N) is 1. The van der Waals surface area contributed by atoms with E-state index >= 15 is 0 Å². The van der Waals surface area contributed by atoms with Crippen LogP contribution in [0, 0.1) is 0 Å². The number of sulfone groups is 1. The molecule has 2 N–H and O–H groups in total. The minimum absolute atomic E-state index is 0.00807. The first-order valence-corrected chi connectivity index (χ1v) is 16.9. The van der Waals surface area contributed by atoms with E-state index in [9.17, 15) is 18.0 Å². The summed E-state index contributed by atoms with van der Waals surface area (Å²) in [6.45, 7) is 10.1. The zero-order chi connectivity index (χ0) is 31.8. The van der Waals surface area contributed by atoms with E-state index in [0.717, 1.165) is 32.6 Å². The van der Waals surface area contributed by atoms with Crippen molar-refractivity contribution < 1.29 is 17.9 Å². The molecule has 0 saturated heterocycles. The second-order valence-corrected chi connectivity index (χ2v) is 14.3. The predicted molar refractivity (Wildman–Crippen MR) is 176 cm³/mol. The number of benzene rings is 3. The Balaban J connectivity index is 1.87. The first-order chi connectivity index (χ1) is 20.9.